The topological polar surface area (TPSA) is 17.4 Å². The number of thiophene rings is 1. The van der Waals surface area contributed by atoms with Crippen molar-refractivity contribution in [2.75, 3.05) is 4.90 Å². The summed E-state index contributed by atoms with van der Waals surface area (Å²) in [6.45, 7) is 0. The molecule has 1 unspecified atom stereocenters. The Labute approximate surface area is 390 Å². The highest BCUT2D eigenvalue weighted by atomic mass is 32.1. The zero-order valence-electron chi connectivity index (χ0n) is 36.2. The van der Waals surface area contributed by atoms with Crippen LogP contribution in [0.1, 0.15) is 22.3 Å². The summed E-state index contributed by atoms with van der Waals surface area (Å²) < 4.78 is 12.2. The van der Waals surface area contributed by atoms with E-state index in [0.717, 1.165) is 45.4 Å². The SMILES string of the molecule is c1ccc2c(c1)Oc1cc(N(c3ccc4c(c3)c3ccccc3n4-c3ccc4c(c3)sc3ccccc34)c3cccc4ccccc34)ccc1C21c2ccccc2-c2cccc3cccc1c23. The molecule has 1 aliphatic carbocycles. The molecular weight excluding hydrogens is 833 g/mol. The van der Waals surface area contributed by atoms with Crippen LogP contribution >= 0.6 is 11.3 Å². The number of ether oxygens (including phenoxy) is 1. The van der Waals surface area contributed by atoms with E-state index >= 15 is 0 Å². The molecule has 0 amide bonds. The minimum absolute atomic E-state index is 0.614. The van der Waals surface area contributed by atoms with Crippen LogP contribution in [0.5, 0.6) is 11.5 Å². The number of fused-ring (bicyclic) bond motifs is 15. The molecule has 3 nitrogen and oxygen atoms in total. The Morgan fingerprint density at radius 2 is 1.03 bits per heavy atom. The van der Waals surface area contributed by atoms with Gasteiger partial charge in [0.25, 0.3) is 0 Å². The van der Waals surface area contributed by atoms with Gasteiger partial charge >= 0.3 is 0 Å². The van der Waals surface area contributed by atoms with Gasteiger partial charge in [-0.15, -0.1) is 11.3 Å². The Morgan fingerprint density at radius 3 is 1.97 bits per heavy atom. The summed E-state index contributed by atoms with van der Waals surface area (Å²) in [5.74, 6) is 1.72. The third-order valence-electron chi connectivity index (χ3n) is 14.6. The van der Waals surface area contributed by atoms with Crippen LogP contribution in [0.25, 0.3) is 80.3 Å². The molecule has 67 heavy (non-hydrogen) atoms. The van der Waals surface area contributed by atoms with Crippen LogP contribution in [0.3, 0.4) is 0 Å². The van der Waals surface area contributed by atoms with Crippen molar-refractivity contribution in [1.29, 1.82) is 0 Å². The van der Waals surface area contributed by atoms with Crippen molar-refractivity contribution in [3.63, 3.8) is 0 Å². The monoisotopic (exact) mass is 870 g/mol. The second kappa shape index (κ2) is 13.8. The van der Waals surface area contributed by atoms with Crippen LogP contribution in [-0.2, 0) is 5.41 Å². The van der Waals surface area contributed by atoms with Gasteiger partial charge in [-0.2, -0.15) is 0 Å². The highest BCUT2D eigenvalue weighted by molar-refractivity contribution is 7.25. The summed E-state index contributed by atoms with van der Waals surface area (Å²) in [6, 6.07) is 85.0. The molecule has 1 spiro atoms. The number of anilines is 3. The summed E-state index contributed by atoms with van der Waals surface area (Å²) in [6.07, 6.45) is 0. The molecule has 0 fully saturated rings. The fourth-order valence-corrected chi connectivity index (χ4v) is 13.0. The van der Waals surface area contributed by atoms with E-state index in [1.54, 1.807) is 0 Å². The van der Waals surface area contributed by atoms with Gasteiger partial charge in [-0.1, -0.05) is 164 Å². The smallest absolute Gasteiger partial charge is 0.134 e. The van der Waals surface area contributed by atoms with Crippen LogP contribution in [0.15, 0.2) is 231 Å². The Balaban J connectivity index is 0.971. The number of nitrogens with zero attached hydrogens (tertiary/aromatic N) is 2. The van der Waals surface area contributed by atoms with E-state index in [2.05, 4.69) is 240 Å². The molecular formula is C63H38N2OS. The van der Waals surface area contributed by atoms with E-state index < -0.39 is 5.41 Å². The predicted molar refractivity (Wildman–Crippen MR) is 281 cm³/mol. The molecule has 0 bridgehead atoms. The summed E-state index contributed by atoms with van der Waals surface area (Å²) in [5.41, 5.74) is 13.5. The summed E-state index contributed by atoms with van der Waals surface area (Å²) >= 11 is 1.86. The average molecular weight is 871 g/mol. The van der Waals surface area contributed by atoms with E-state index in [1.165, 1.54) is 85.8 Å². The van der Waals surface area contributed by atoms with Gasteiger partial charge in [0, 0.05) is 70.6 Å². The third kappa shape index (κ3) is 5.05. The lowest BCUT2D eigenvalue weighted by molar-refractivity contribution is 0.435. The molecule has 1 atom stereocenters. The summed E-state index contributed by atoms with van der Waals surface area (Å²) in [5, 5.41) is 9.92. The number of benzene rings is 11. The second-order valence-electron chi connectivity index (χ2n) is 17.9. The normalized spacial score (nSPS) is 14.7. The fraction of sp³-hybridized carbons (Fsp3) is 0.0159. The third-order valence-corrected chi connectivity index (χ3v) is 15.7. The van der Waals surface area contributed by atoms with Gasteiger partial charge in [0.2, 0.25) is 0 Å². The Morgan fingerprint density at radius 1 is 0.388 bits per heavy atom. The van der Waals surface area contributed by atoms with Gasteiger partial charge in [-0.05, 0) is 99.1 Å². The second-order valence-corrected chi connectivity index (χ2v) is 19.0. The minimum Gasteiger partial charge on any atom is -0.457 e. The van der Waals surface area contributed by atoms with Crippen molar-refractivity contribution >= 4 is 91.9 Å². The van der Waals surface area contributed by atoms with Crippen LogP contribution in [0.4, 0.5) is 17.1 Å². The Bertz CT molecular complexity index is 4220. The van der Waals surface area contributed by atoms with Gasteiger partial charge in [-0.3, -0.25) is 0 Å². The first kappa shape index (κ1) is 36.9. The molecule has 2 aromatic heterocycles. The van der Waals surface area contributed by atoms with Crippen molar-refractivity contribution in [1.82, 2.24) is 4.57 Å². The molecule has 0 N–H and O–H groups in total. The van der Waals surface area contributed by atoms with Crippen LogP contribution < -0.4 is 9.64 Å². The van der Waals surface area contributed by atoms with Crippen molar-refractivity contribution < 1.29 is 4.74 Å². The van der Waals surface area contributed by atoms with Crippen molar-refractivity contribution in [2.45, 2.75) is 5.41 Å². The van der Waals surface area contributed by atoms with Gasteiger partial charge in [0.15, 0.2) is 0 Å². The molecule has 0 saturated heterocycles. The number of rotatable bonds is 4. The summed E-state index contributed by atoms with van der Waals surface area (Å²) in [4.78, 5) is 2.43. The molecule has 4 heteroatoms. The molecule has 15 rings (SSSR count). The van der Waals surface area contributed by atoms with E-state index in [9.17, 15) is 0 Å². The molecule has 312 valence electrons. The van der Waals surface area contributed by atoms with E-state index in [-0.39, 0.29) is 0 Å². The number of hydrogen-bond acceptors (Lipinski definition) is 3. The first-order chi connectivity index (χ1) is 33.2. The van der Waals surface area contributed by atoms with Gasteiger partial charge in [-0.25, -0.2) is 0 Å². The van der Waals surface area contributed by atoms with Gasteiger partial charge < -0.3 is 14.2 Å². The molecule has 2 aliphatic rings. The maximum Gasteiger partial charge on any atom is 0.134 e. The zero-order valence-corrected chi connectivity index (χ0v) is 37.0. The lowest BCUT2D eigenvalue weighted by Crippen LogP contribution is -2.36. The number of aromatic nitrogens is 1. The average Bonchev–Trinajstić information content (AvgIpc) is 3.93. The Kier molecular flexibility index (Phi) is 7.58. The maximum absolute atomic E-state index is 7.15. The highest BCUT2D eigenvalue weighted by Crippen LogP contribution is 2.62. The molecule has 0 radical (unpaired) electrons. The van der Waals surface area contributed by atoms with Gasteiger partial charge in [0.1, 0.15) is 11.5 Å². The molecule has 1 aliphatic heterocycles. The zero-order chi connectivity index (χ0) is 43.8. The predicted octanol–water partition coefficient (Wildman–Crippen LogP) is 17.4. The lowest BCUT2D eigenvalue weighted by atomic mass is 9.58. The van der Waals surface area contributed by atoms with Gasteiger partial charge in [0.05, 0.1) is 22.1 Å². The molecule has 11 aromatic carbocycles. The first-order valence-corrected chi connectivity index (χ1v) is 23.8. The summed E-state index contributed by atoms with van der Waals surface area (Å²) in [7, 11) is 0. The Hall–Kier alpha value is -8.44. The number of para-hydroxylation sites is 2. The highest BCUT2D eigenvalue weighted by Gasteiger charge is 2.49. The van der Waals surface area contributed by atoms with Crippen LogP contribution in [-0.4, -0.2) is 4.57 Å². The molecule has 3 heterocycles. The van der Waals surface area contributed by atoms with E-state index in [4.69, 9.17) is 4.74 Å². The maximum atomic E-state index is 7.15. The van der Waals surface area contributed by atoms with Crippen LogP contribution in [0, 0.1) is 0 Å². The fourth-order valence-electron chi connectivity index (χ4n) is 11.9. The van der Waals surface area contributed by atoms with Crippen molar-refractivity contribution in [2.24, 2.45) is 0 Å². The van der Waals surface area contributed by atoms with Crippen molar-refractivity contribution in [3.05, 3.63) is 253 Å². The molecule has 13 aromatic rings. The van der Waals surface area contributed by atoms with Crippen LogP contribution in [0.2, 0.25) is 0 Å². The standard InChI is InChI=1S/C63H38N2OS/c1-2-18-44-39(14-1)15-13-27-55(44)64(41-32-35-57-50(36-41)46-20-4-8-26-56(46)65(57)43-30-33-48-47-21-5-10-29-60(47)67-61(48)38-43)42-31-34-53-59(37-42)66-58-28-9-7-24-52(58)63(53)51-23-6-3-19-45(51)49-22-11-16-40-17-12-25-54(63)62(40)49/h1-38H. The largest absolute Gasteiger partial charge is 0.457 e. The van der Waals surface area contributed by atoms with E-state index in [0.29, 0.717) is 0 Å². The lowest BCUT2D eigenvalue weighted by Gasteiger charge is -2.45. The quantitative estimate of drug-likeness (QED) is 0.175. The number of hydrogen-bond donors (Lipinski definition) is 0. The van der Waals surface area contributed by atoms with E-state index in [1.807, 2.05) is 11.3 Å². The molecule has 0 saturated carbocycles. The minimum atomic E-state index is -0.614. The van der Waals surface area contributed by atoms with Crippen molar-refractivity contribution in [3.8, 4) is 28.3 Å². The first-order valence-electron chi connectivity index (χ1n) is 23.0.